The van der Waals surface area contributed by atoms with Gasteiger partial charge < -0.3 is 15.1 Å². The Kier molecular flexibility index (Phi) is 8.54. The standard InChI is InChI=1S/C25H37NO5/c1-17(2)20-11-10-18(3)14-21(20)24-22(27)15-19(16-23(24)28)25(4,5)12-8-6-7-9-13-31-26(29)30/h14-16,20-21,27-28H,1,6-13H2,2-5H3/t20-,21+/m1/s1. The van der Waals surface area contributed by atoms with E-state index in [1.807, 2.05) is 6.92 Å². The van der Waals surface area contributed by atoms with Gasteiger partial charge in [0.2, 0.25) is 0 Å². The Hall–Kier alpha value is -2.50. The van der Waals surface area contributed by atoms with E-state index in [0.717, 1.165) is 49.7 Å². The predicted octanol–water partition coefficient (Wildman–Crippen LogP) is 6.55. The Bertz CT molecular complexity index is 804. The molecule has 0 amide bonds. The van der Waals surface area contributed by atoms with E-state index >= 15 is 0 Å². The van der Waals surface area contributed by atoms with Crippen LogP contribution in [0, 0.1) is 16.0 Å². The van der Waals surface area contributed by atoms with Gasteiger partial charge in [-0.2, -0.15) is 0 Å². The van der Waals surface area contributed by atoms with Crippen molar-refractivity contribution in [1.29, 1.82) is 0 Å². The van der Waals surface area contributed by atoms with Crippen LogP contribution in [-0.4, -0.2) is 21.9 Å². The Morgan fingerprint density at radius 2 is 1.84 bits per heavy atom. The van der Waals surface area contributed by atoms with Crippen LogP contribution in [0.1, 0.15) is 89.7 Å². The lowest BCUT2D eigenvalue weighted by atomic mass is 9.72. The summed E-state index contributed by atoms with van der Waals surface area (Å²) in [7, 11) is 0. The minimum absolute atomic E-state index is 0.0650. The molecular formula is C25H37NO5. The number of phenols is 2. The van der Waals surface area contributed by atoms with Gasteiger partial charge in [-0.25, -0.2) is 0 Å². The van der Waals surface area contributed by atoms with E-state index in [0.29, 0.717) is 12.0 Å². The second-order valence-electron chi connectivity index (χ2n) is 9.56. The summed E-state index contributed by atoms with van der Waals surface area (Å²) >= 11 is 0. The molecule has 0 radical (unpaired) electrons. The van der Waals surface area contributed by atoms with Crippen molar-refractivity contribution in [2.24, 2.45) is 5.92 Å². The lowest BCUT2D eigenvalue weighted by molar-refractivity contribution is -0.757. The predicted molar refractivity (Wildman–Crippen MR) is 123 cm³/mol. The molecule has 0 saturated carbocycles. The summed E-state index contributed by atoms with van der Waals surface area (Å²) in [6.07, 6.45) is 8.47. The average molecular weight is 432 g/mol. The van der Waals surface area contributed by atoms with Crippen molar-refractivity contribution in [3.63, 3.8) is 0 Å². The van der Waals surface area contributed by atoms with Crippen molar-refractivity contribution in [3.05, 3.63) is 57.2 Å². The summed E-state index contributed by atoms with van der Waals surface area (Å²) in [6.45, 7) is 12.6. The molecule has 1 aliphatic rings. The van der Waals surface area contributed by atoms with Crippen molar-refractivity contribution in [2.75, 3.05) is 6.61 Å². The number of phenolic OH excluding ortho intramolecular Hbond substituents is 2. The van der Waals surface area contributed by atoms with Crippen LogP contribution < -0.4 is 0 Å². The maximum atomic E-state index is 10.9. The molecule has 0 aromatic heterocycles. The van der Waals surface area contributed by atoms with E-state index < -0.39 is 5.09 Å². The zero-order valence-electron chi connectivity index (χ0n) is 19.3. The molecule has 0 bridgehead atoms. The second kappa shape index (κ2) is 10.7. The third-order valence-corrected chi connectivity index (χ3v) is 6.52. The number of unbranched alkanes of at least 4 members (excludes halogenated alkanes) is 3. The zero-order chi connectivity index (χ0) is 23.2. The molecule has 1 aromatic rings. The summed E-state index contributed by atoms with van der Waals surface area (Å²) in [6, 6.07) is 3.60. The maximum absolute atomic E-state index is 10.9. The molecule has 0 heterocycles. The van der Waals surface area contributed by atoms with E-state index in [1.165, 1.54) is 5.57 Å². The zero-order valence-corrected chi connectivity index (χ0v) is 19.3. The van der Waals surface area contributed by atoms with Crippen molar-refractivity contribution in [2.45, 2.75) is 84.0 Å². The molecule has 6 nitrogen and oxygen atoms in total. The minimum atomic E-state index is -0.755. The first-order chi connectivity index (χ1) is 14.5. The highest BCUT2D eigenvalue weighted by Gasteiger charge is 2.31. The topological polar surface area (TPSA) is 92.8 Å². The van der Waals surface area contributed by atoms with Gasteiger partial charge >= 0.3 is 0 Å². The van der Waals surface area contributed by atoms with Crippen LogP contribution in [0.3, 0.4) is 0 Å². The van der Waals surface area contributed by atoms with Crippen LogP contribution in [-0.2, 0) is 10.3 Å². The molecule has 31 heavy (non-hydrogen) atoms. The molecule has 0 unspecified atom stereocenters. The highest BCUT2D eigenvalue weighted by molar-refractivity contribution is 5.53. The molecule has 1 aromatic carbocycles. The number of allylic oxidation sites excluding steroid dienone is 3. The molecule has 172 valence electrons. The number of hydrogen-bond donors (Lipinski definition) is 2. The highest BCUT2D eigenvalue weighted by Crippen LogP contribution is 2.47. The van der Waals surface area contributed by atoms with Gasteiger partial charge in [0.15, 0.2) is 0 Å². The van der Waals surface area contributed by atoms with Gasteiger partial charge in [-0.05, 0) is 68.6 Å². The number of rotatable bonds is 11. The molecule has 0 saturated heterocycles. The van der Waals surface area contributed by atoms with Crippen LogP contribution in [0.15, 0.2) is 35.9 Å². The van der Waals surface area contributed by atoms with E-state index in [-0.39, 0.29) is 35.4 Å². The van der Waals surface area contributed by atoms with Crippen molar-refractivity contribution < 1.29 is 20.1 Å². The fraction of sp³-hybridized carbons (Fsp3) is 0.600. The summed E-state index contributed by atoms with van der Waals surface area (Å²) in [5.41, 5.74) is 3.63. The van der Waals surface area contributed by atoms with Crippen molar-refractivity contribution >= 4 is 0 Å². The SMILES string of the molecule is C=C(C)[C@H]1CCC(C)=C[C@@H]1c1c(O)cc(C(C)(C)CCCCCCO[N+](=O)[O-])cc1O. The smallest absolute Gasteiger partial charge is 0.294 e. The summed E-state index contributed by atoms with van der Waals surface area (Å²) in [5.74, 6) is 0.424. The summed E-state index contributed by atoms with van der Waals surface area (Å²) < 4.78 is 0. The van der Waals surface area contributed by atoms with Crippen LogP contribution in [0.25, 0.3) is 0 Å². The fourth-order valence-electron chi connectivity index (χ4n) is 4.57. The van der Waals surface area contributed by atoms with E-state index in [2.05, 4.69) is 38.3 Å². The Morgan fingerprint density at radius 3 is 2.42 bits per heavy atom. The molecule has 2 atom stereocenters. The van der Waals surface area contributed by atoms with E-state index in [9.17, 15) is 20.3 Å². The van der Waals surface area contributed by atoms with Crippen LogP contribution in [0.4, 0.5) is 0 Å². The minimum Gasteiger partial charge on any atom is -0.507 e. The summed E-state index contributed by atoms with van der Waals surface area (Å²) in [5, 5.41) is 31.2. The first-order valence-electron chi connectivity index (χ1n) is 11.2. The summed E-state index contributed by atoms with van der Waals surface area (Å²) in [4.78, 5) is 14.5. The van der Waals surface area contributed by atoms with Gasteiger partial charge in [0.05, 0.1) is 6.61 Å². The van der Waals surface area contributed by atoms with Crippen LogP contribution >= 0.6 is 0 Å². The third kappa shape index (κ3) is 6.74. The first kappa shape index (κ1) is 24.8. The Balaban J connectivity index is 2.09. The quantitative estimate of drug-likeness (QED) is 0.179. The largest absolute Gasteiger partial charge is 0.507 e. The van der Waals surface area contributed by atoms with E-state index in [1.54, 1.807) is 12.1 Å². The lowest BCUT2D eigenvalue weighted by Crippen LogP contribution is -2.19. The molecule has 2 rings (SSSR count). The molecule has 0 spiro atoms. The molecule has 6 heteroatoms. The monoisotopic (exact) mass is 431 g/mol. The van der Waals surface area contributed by atoms with Gasteiger partial charge in [-0.15, -0.1) is 10.1 Å². The molecule has 0 aliphatic heterocycles. The van der Waals surface area contributed by atoms with Crippen LogP contribution in [0.2, 0.25) is 0 Å². The molecule has 1 aliphatic carbocycles. The lowest BCUT2D eigenvalue weighted by Gasteiger charge is -2.32. The first-order valence-corrected chi connectivity index (χ1v) is 11.2. The number of nitrogens with zero attached hydrogens (tertiary/aromatic N) is 1. The Labute approximate surface area is 185 Å². The van der Waals surface area contributed by atoms with Gasteiger partial charge in [-0.1, -0.05) is 56.9 Å². The fourth-order valence-corrected chi connectivity index (χ4v) is 4.57. The number of hydrogen-bond acceptors (Lipinski definition) is 5. The Morgan fingerprint density at radius 1 is 1.23 bits per heavy atom. The second-order valence-corrected chi connectivity index (χ2v) is 9.56. The number of benzene rings is 1. The average Bonchev–Trinajstić information content (AvgIpc) is 2.66. The van der Waals surface area contributed by atoms with Gasteiger partial charge in [0.1, 0.15) is 11.5 Å². The maximum Gasteiger partial charge on any atom is 0.294 e. The molecule has 2 N–H and O–H groups in total. The van der Waals surface area contributed by atoms with Crippen molar-refractivity contribution in [1.82, 2.24) is 0 Å². The van der Waals surface area contributed by atoms with Crippen LogP contribution in [0.5, 0.6) is 11.5 Å². The normalized spacial score (nSPS) is 19.0. The van der Waals surface area contributed by atoms with E-state index in [4.69, 9.17) is 0 Å². The molecular weight excluding hydrogens is 394 g/mol. The number of aromatic hydroxyl groups is 2. The van der Waals surface area contributed by atoms with Crippen molar-refractivity contribution in [3.8, 4) is 11.5 Å². The highest BCUT2D eigenvalue weighted by atomic mass is 16.9. The third-order valence-electron chi connectivity index (χ3n) is 6.52. The molecule has 0 fully saturated rings. The van der Waals surface area contributed by atoms with Gasteiger partial charge in [-0.3, -0.25) is 0 Å². The van der Waals surface area contributed by atoms with Gasteiger partial charge in [0, 0.05) is 11.5 Å². The van der Waals surface area contributed by atoms with Gasteiger partial charge in [0.25, 0.3) is 5.09 Å².